The Balaban J connectivity index is 4.89. The van der Waals surface area contributed by atoms with Crippen LogP contribution in [0.5, 0.6) is 0 Å². The first-order valence-electron chi connectivity index (χ1n) is 3.47. The Hall–Kier alpha value is -0.780. The largest absolute Gasteiger partial charge is 0.479 e. The van der Waals surface area contributed by atoms with Gasteiger partial charge in [-0.15, -0.1) is 0 Å². The minimum absolute atomic E-state index is 0.787. The Labute approximate surface area is 73.5 Å². The van der Waals surface area contributed by atoms with Crippen molar-refractivity contribution in [2.75, 3.05) is 7.11 Å². The van der Waals surface area contributed by atoms with E-state index in [1.165, 1.54) is 0 Å². The summed E-state index contributed by atoms with van der Waals surface area (Å²) >= 11 is 0. The number of hydrogen-bond acceptors (Lipinski definition) is 2. The van der Waals surface area contributed by atoms with E-state index in [1.807, 2.05) is 0 Å². The van der Waals surface area contributed by atoms with Crippen molar-refractivity contribution < 1.29 is 27.8 Å². The van der Waals surface area contributed by atoms with Gasteiger partial charge in [0, 0.05) is 7.11 Å². The van der Waals surface area contributed by atoms with Crippen molar-refractivity contribution in [1.82, 2.24) is 0 Å². The molecular weight excluding hydrogens is 189 g/mol. The number of ether oxygens (including phenoxy) is 1. The summed E-state index contributed by atoms with van der Waals surface area (Å²) in [4.78, 5) is 10.4. The Morgan fingerprint density at radius 3 is 1.85 bits per heavy atom. The molecular formula is C7H11F3O3. The molecule has 78 valence electrons. The summed E-state index contributed by atoms with van der Waals surface area (Å²) in [6.45, 7) is 1.57. The Morgan fingerprint density at radius 1 is 1.38 bits per heavy atom. The number of carboxylic acids is 1. The highest BCUT2D eigenvalue weighted by Crippen LogP contribution is 2.41. The lowest BCUT2D eigenvalue weighted by atomic mass is 9.85. The maximum Gasteiger partial charge on any atom is 0.397 e. The van der Waals surface area contributed by atoms with Crippen LogP contribution in [-0.4, -0.2) is 30.5 Å². The predicted octanol–water partition coefficient (Wildman–Crippen LogP) is 1.67. The molecule has 0 rings (SSSR count). The fraction of sp³-hybridized carbons (Fsp3) is 0.857. The predicted molar refractivity (Wildman–Crippen MR) is 38.3 cm³/mol. The molecule has 1 atom stereocenters. The molecule has 0 saturated heterocycles. The topological polar surface area (TPSA) is 46.5 Å². The first kappa shape index (κ1) is 12.2. The van der Waals surface area contributed by atoms with Gasteiger partial charge in [0.2, 0.25) is 0 Å². The molecule has 0 heterocycles. The molecule has 0 aromatic rings. The third kappa shape index (κ3) is 2.33. The van der Waals surface area contributed by atoms with E-state index in [0.29, 0.717) is 0 Å². The van der Waals surface area contributed by atoms with E-state index in [4.69, 9.17) is 5.11 Å². The van der Waals surface area contributed by atoms with Crippen molar-refractivity contribution in [3.63, 3.8) is 0 Å². The van der Waals surface area contributed by atoms with Gasteiger partial charge in [-0.2, -0.15) is 13.2 Å². The van der Waals surface area contributed by atoms with Crippen molar-refractivity contribution in [1.29, 1.82) is 0 Å². The van der Waals surface area contributed by atoms with Gasteiger partial charge in [-0.25, -0.2) is 4.79 Å². The molecule has 13 heavy (non-hydrogen) atoms. The van der Waals surface area contributed by atoms with E-state index < -0.39 is 23.7 Å². The zero-order valence-electron chi connectivity index (χ0n) is 7.47. The van der Waals surface area contributed by atoms with Crippen molar-refractivity contribution in [2.24, 2.45) is 5.41 Å². The summed E-state index contributed by atoms with van der Waals surface area (Å²) in [6, 6.07) is 0. The number of rotatable bonds is 3. The molecule has 3 nitrogen and oxygen atoms in total. The first-order chi connectivity index (χ1) is 5.64. The first-order valence-corrected chi connectivity index (χ1v) is 3.47. The van der Waals surface area contributed by atoms with E-state index >= 15 is 0 Å². The molecule has 0 spiro atoms. The van der Waals surface area contributed by atoms with Crippen molar-refractivity contribution >= 4 is 5.97 Å². The second kappa shape index (κ2) is 3.53. The number of aliphatic carboxylic acids is 1. The van der Waals surface area contributed by atoms with Crippen LogP contribution in [0.2, 0.25) is 0 Å². The lowest BCUT2D eigenvalue weighted by molar-refractivity contribution is -0.247. The molecule has 1 unspecified atom stereocenters. The molecule has 0 radical (unpaired) electrons. The number of carboxylic acid groups (broad SMARTS) is 1. The summed E-state index contributed by atoms with van der Waals surface area (Å²) in [6.07, 6.45) is -6.49. The van der Waals surface area contributed by atoms with Crippen LogP contribution < -0.4 is 0 Å². The third-order valence-corrected chi connectivity index (χ3v) is 1.85. The Kier molecular flexibility index (Phi) is 3.32. The minimum atomic E-state index is -4.61. The molecule has 0 amide bonds. The second-order valence-electron chi connectivity index (χ2n) is 3.17. The van der Waals surface area contributed by atoms with Crippen molar-refractivity contribution in [3.8, 4) is 0 Å². The van der Waals surface area contributed by atoms with Crippen LogP contribution in [0, 0.1) is 5.41 Å². The van der Waals surface area contributed by atoms with Gasteiger partial charge in [-0.3, -0.25) is 0 Å². The van der Waals surface area contributed by atoms with E-state index in [2.05, 4.69) is 4.74 Å². The zero-order valence-corrected chi connectivity index (χ0v) is 7.47. The van der Waals surface area contributed by atoms with Gasteiger partial charge in [0.1, 0.15) is 0 Å². The molecule has 0 aliphatic rings. The van der Waals surface area contributed by atoms with Gasteiger partial charge in [0.15, 0.2) is 6.10 Å². The highest BCUT2D eigenvalue weighted by molar-refractivity contribution is 5.73. The van der Waals surface area contributed by atoms with E-state index in [1.54, 1.807) is 0 Å². The van der Waals surface area contributed by atoms with Crippen LogP contribution in [0.3, 0.4) is 0 Å². The zero-order chi connectivity index (χ0) is 10.9. The number of hydrogen-bond donors (Lipinski definition) is 1. The molecule has 6 heteroatoms. The van der Waals surface area contributed by atoms with Crippen LogP contribution in [-0.2, 0) is 9.53 Å². The maximum atomic E-state index is 12.3. The summed E-state index contributed by atoms with van der Waals surface area (Å²) in [5.41, 5.74) is -2.40. The smallest absolute Gasteiger partial charge is 0.397 e. The van der Waals surface area contributed by atoms with Gasteiger partial charge in [0.05, 0.1) is 5.41 Å². The molecule has 0 aliphatic carbocycles. The highest BCUT2D eigenvalue weighted by Gasteiger charge is 2.55. The SMILES string of the molecule is COC(C(=O)O)C(C)(C)C(F)(F)F. The van der Waals surface area contributed by atoms with Crippen LogP contribution >= 0.6 is 0 Å². The fourth-order valence-corrected chi connectivity index (χ4v) is 0.853. The average Bonchev–Trinajstić information content (AvgIpc) is 1.83. The molecule has 0 aromatic carbocycles. The van der Waals surface area contributed by atoms with Crippen LogP contribution in [0.25, 0.3) is 0 Å². The summed E-state index contributed by atoms with van der Waals surface area (Å²) in [7, 11) is 0.937. The van der Waals surface area contributed by atoms with Gasteiger partial charge in [-0.05, 0) is 13.8 Å². The molecule has 0 aromatic heterocycles. The number of halogens is 3. The van der Waals surface area contributed by atoms with Crippen LogP contribution in [0.15, 0.2) is 0 Å². The van der Waals surface area contributed by atoms with Gasteiger partial charge >= 0.3 is 12.1 Å². The van der Waals surface area contributed by atoms with Gasteiger partial charge in [-0.1, -0.05) is 0 Å². The Morgan fingerprint density at radius 2 is 1.77 bits per heavy atom. The molecule has 0 bridgehead atoms. The highest BCUT2D eigenvalue weighted by atomic mass is 19.4. The van der Waals surface area contributed by atoms with Crippen LogP contribution in [0.4, 0.5) is 13.2 Å². The van der Waals surface area contributed by atoms with Crippen molar-refractivity contribution in [3.05, 3.63) is 0 Å². The monoisotopic (exact) mass is 200 g/mol. The standard InChI is InChI=1S/C7H11F3O3/c1-6(2,7(8,9)10)4(13-3)5(11)12/h4H,1-3H3,(H,11,12). The third-order valence-electron chi connectivity index (χ3n) is 1.85. The van der Waals surface area contributed by atoms with Crippen molar-refractivity contribution in [2.45, 2.75) is 26.1 Å². The molecule has 0 saturated carbocycles. The normalized spacial score (nSPS) is 15.5. The lowest BCUT2D eigenvalue weighted by Crippen LogP contribution is -2.47. The maximum absolute atomic E-state index is 12.3. The minimum Gasteiger partial charge on any atom is -0.479 e. The number of methoxy groups -OCH3 is 1. The van der Waals surface area contributed by atoms with Gasteiger partial charge < -0.3 is 9.84 Å². The summed E-state index contributed by atoms with van der Waals surface area (Å²) in [5.74, 6) is -1.62. The van der Waals surface area contributed by atoms with E-state index in [9.17, 15) is 18.0 Å². The number of carbonyl (C=O) groups is 1. The summed E-state index contributed by atoms with van der Waals surface area (Å²) in [5, 5.41) is 8.45. The summed E-state index contributed by atoms with van der Waals surface area (Å²) < 4.78 is 41.1. The molecule has 1 N–H and O–H groups in total. The van der Waals surface area contributed by atoms with Crippen LogP contribution in [0.1, 0.15) is 13.8 Å². The van der Waals surface area contributed by atoms with E-state index in [-0.39, 0.29) is 0 Å². The average molecular weight is 200 g/mol. The Bertz CT molecular complexity index is 198. The van der Waals surface area contributed by atoms with E-state index in [0.717, 1.165) is 21.0 Å². The lowest BCUT2D eigenvalue weighted by Gasteiger charge is -2.32. The van der Waals surface area contributed by atoms with Gasteiger partial charge in [0.25, 0.3) is 0 Å². The second-order valence-corrected chi connectivity index (χ2v) is 3.17. The molecule has 0 aliphatic heterocycles. The fourth-order valence-electron chi connectivity index (χ4n) is 0.853. The quantitative estimate of drug-likeness (QED) is 0.753. The molecule has 0 fully saturated rings. The number of alkyl halides is 3.